The maximum absolute atomic E-state index is 10.9. The molecule has 3 N–H and O–H groups in total. The molecule has 0 bridgehead atoms. The number of amides is 1. The Bertz CT molecular complexity index is 384. The number of pyridine rings is 1. The lowest BCUT2D eigenvalue weighted by Gasteiger charge is -2.09. The summed E-state index contributed by atoms with van der Waals surface area (Å²) in [7, 11) is 2.84. The Hall–Kier alpha value is -2.02. The number of nitrogens with zero attached hydrogens (tertiary/aromatic N) is 1. The van der Waals surface area contributed by atoms with Crippen LogP contribution in [0.3, 0.4) is 0 Å². The zero-order chi connectivity index (χ0) is 12.7. The summed E-state index contributed by atoms with van der Waals surface area (Å²) in [5.41, 5.74) is 6.10. The van der Waals surface area contributed by atoms with Crippen molar-refractivity contribution in [2.24, 2.45) is 0 Å². The molecule has 1 heterocycles. The number of nitrogens with one attached hydrogen (secondary N) is 1. The molecule has 1 aromatic heterocycles. The van der Waals surface area contributed by atoms with Crippen molar-refractivity contribution in [1.82, 2.24) is 4.98 Å². The number of carbonyl (C=O) groups is 1. The predicted octanol–water partition coefficient (Wildman–Crippen LogP) is 0.867. The Balaban J connectivity index is 2.62. The summed E-state index contributed by atoms with van der Waals surface area (Å²) in [5.74, 6) is 0.742. The monoisotopic (exact) mass is 241 g/mol. The van der Waals surface area contributed by atoms with Crippen molar-refractivity contribution in [3.05, 3.63) is 12.3 Å². The fourth-order valence-corrected chi connectivity index (χ4v) is 1.04. The van der Waals surface area contributed by atoms with E-state index in [0.29, 0.717) is 30.5 Å². The van der Waals surface area contributed by atoms with Gasteiger partial charge in [-0.2, -0.15) is 0 Å². The summed E-state index contributed by atoms with van der Waals surface area (Å²) in [6.45, 7) is 0.841. The molecule has 1 rings (SSSR count). The Morgan fingerprint density at radius 3 is 2.82 bits per heavy atom. The van der Waals surface area contributed by atoms with Crippen molar-refractivity contribution in [2.75, 3.05) is 38.5 Å². The molecule has 0 aliphatic heterocycles. The second-order valence-corrected chi connectivity index (χ2v) is 3.07. The lowest BCUT2D eigenvalue weighted by atomic mass is 10.3. The van der Waals surface area contributed by atoms with Crippen LogP contribution in [0.5, 0.6) is 5.75 Å². The first-order valence-electron chi connectivity index (χ1n) is 4.89. The van der Waals surface area contributed by atoms with Gasteiger partial charge in [-0.15, -0.1) is 0 Å². The number of anilines is 2. The number of rotatable bonds is 5. The van der Waals surface area contributed by atoms with E-state index in [-0.39, 0.29) is 0 Å². The molecule has 0 atom stereocenters. The molecule has 0 aromatic carbocycles. The third-order valence-electron chi connectivity index (χ3n) is 1.86. The van der Waals surface area contributed by atoms with Gasteiger partial charge in [-0.3, -0.25) is 5.32 Å². The molecule has 0 saturated carbocycles. The molecule has 17 heavy (non-hydrogen) atoms. The Kier molecular flexibility index (Phi) is 5.02. The van der Waals surface area contributed by atoms with E-state index < -0.39 is 6.09 Å². The fraction of sp³-hybridized carbons (Fsp3) is 0.400. The van der Waals surface area contributed by atoms with Crippen LogP contribution >= 0.6 is 0 Å². The highest BCUT2D eigenvalue weighted by molar-refractivity contribution is 5.84. The number of methoxy groups -OCH3 is 2. The zero-order valence-corrected chi connectivity index (χ0v) is 9.73. The number of carbonyl (C=O) groups excluding carboxylic acids is 1. The molecule has 7 heteroatoms. The SMILES string of the molecule is COCCOc1cnc(NC(=O)OC)cc1N. The van der Waals surface area contributed by atoms with E-state index in [0.717, 1.165) is 0 Å². The van der Waals surface area contributed by atoms with E-state index in [1.807, 2.05) is 0 Å². The first-order chi connectivity index (χ1) is 8.17. The van der Waals surface area contributed by atoms with Crippen LogP contribution in [0.4, 0.5) is 16.3 Å². The maximum Gasteiger partial charge on any atom is 0.412 e. The van der Waals surface area contributed by atoms with Gasteiger partial charge in [0, 0.05) is 13.2 Å². The van der Waals surface area contributed by atoms with Crippen LogP contribution in [-0.2, 0) is 9.47 Å². The van der Waals surface area contributed by atoms with E-state index in [1.165, 1.54) is 19.4 Å². The molecule has 0 aliphatic carbocycles. The second-order valence-electron chi connectivity index (χ2n) is 3.07. The smallest absolute Gasteiger partial charge is 0.412 e. The van der Waals surface area contributed by atoms with Crippen LogP contribution in [-0.4, -0.2) is 38.5 Å². The van der Waals surface area contributed by atoms with Crippen LogP contribution < -0.4 is 15.8 Å². The van der Waals surface area contributed by atoms with Gasteiger partial charge in [0.25, 0.3) is 0 Å². The van der Waals surface area contributed by atoms with E-state index in [9.17, 15) is 4.79 Å². The molecule has 1 amide bonds. The fourth-order valence-electron chi connectivity index (χ4n) is 1.04. The van der Waals surface area contributed by atoms with Crippen molar-refractivity contribution in [3.8, 4) is 5.75 Å². The minimum absolute atomic E-state index is 0.299. The van der Waals surface area contributed by atoms with E-state index >= 15 is 0 Å². The van der Waals surface area contributed by atoms with Gasteiger partial charge in [-0.25, -0.2) is 9.78 Å². The molecule has 0 unspecified atom stereocenters. The van der Waals surface area contributed by atoms with Crippen molar-refractivity contribution in [3.63, 3.8) is 0 Å². The number of nitrogen functional groups attached to an aromatic ring is 1. The lowest BCUT2D eigenvalue weighted by Crippen LogP contribution is -2.13. The second kappa shape index (κ2) is 6.54. The molecular formula is C10H15N3O4. The van der Waals surface area contributed by atoms with Crippen LogP contribution in [0, 0.1) is 0 Å². The average molecular weight is 241 g/mol. The Morgan fingerprint density at radius 2 is 2.24 bits per heavy atom. The van der Waals surface area contributed by atoms with Gasteiger partial charge >= 0.3 is 6.09 Å². The van der Waals surface area contributed by atoms with Gasteiger partial charge in [0.15, 0.2) is 5.75 Å². The van der Waals surface area contributed by atoms with E-state index in [2.05, 4.69) is 15.0 Å². The van der Waals surface area contributed by atoms with Crippen LogP contribution in [0.25, 0.3) is 0 Å². The highest BCUT2D eigenvalue weighted by Gasteiger charge is 2.06. The molecule has 1 aromatic rings. The molecular weight excluding hydrogens is 226 g/mol. The predicted molar refractivity (Wildman–Crippen MR) is 62.0 cm³/mol. The van der Waals surface area contributed by atoms with Gasteiger partial charge in [0.1, 0.15) is 12.4 Å². The molecule has 0 fully saturated rings. The number of hydrogen-bond acceptors (Lipinski definition) is 6. The Morgan fingerprint density at radius 1 is 1.47 bits per heavy atom. The molecule has 94 valence electrons. The summed E-state index contributed by atoms with van der Waals surface area (Å²) < 4.78 is 14.6. The van der Waals surface area contributed by atoms with Crippen LogP contribution in [0.2, 0.25) is 0 Å². The molecule has 0 saturated heterocycles. The van der Waals surface area contributed by atoms with Crippen molar-refractivity contribution in [1.29, 1.82) is 0 Å². The van der Waals surface area contributed by atoms with Gasteiger partial charge in [-0.1, -0.05) is 0 Å². The third-order valence-corrected chi connectivity index (χ3v) is 1.86. The minimum Gasteiger partial charge on any atom is -0.487 e. The van der Waals surface area contributed by atoms with E-state index in [4.69, 9.17) is 15.2 Å². The van der Waals surface area contributed by atoms with Crippen molar-refractivity contribution < 1.29 is 19.0 Å². The Labute approximate surface area is 98.9 Å². The molecule has 0 radical (unpaired) electrons. The third kappa shape index (κ3) is 4.15. The summed E-state index contributed by atoms with van der Waals surface area (Å²) >= 11 is 0. The highest BCUT2D eigenvalue weighted by Crippen LogP contribution is 2.22. The van der Waals surface area contributed by atoms with Gasteiger partial charge in [0.2, 0.25) is 0 Å². The lowest BCUT2D eigenvalue weighted by molar-refractivity contribution is 0.146. The first-order valence-corrected chi connectivity index (χ1v) is 4.89. The van der Waals surface area contributed by atoms with Gasteiger partial charge in [-0.05, 0) is 0 Å². The van der Waals surface area contributed by atoms with Gasteiger partial charge < -0.3 is 19.9 Å². The number of ether oxygens (including phenoxy) is 3. The minimum atomic E-state index is -0.607. The van der Waals surface area contributed by atoms with E-state index in [1.54, 1.807) is 7.11 Å². The average Bonchev–Trinajstić information content (AvgIpc) is 2.32. The molecule has 0 aliphatic rings. The summed E-state index contributed by atoms with van der Waals surface area (Å²) in [4.78, 5) is 14.9. The quantitative estimate of drug-likeness (QED) is 0.742. The molecule has 0 spiro atoms. The summed E-state index contributed by atoms with van der Waals surface area (Å²) in [6.07, 6.45) is 0.820. The van der Waals surface area contributed by atoms with Gasteiger partial charge in [0.05, 0.1) is 25.6 Å². The standard InChI is InChI=1S/C10H15N3O4/c1-15-3-4-17-8-6-12-9(5-7(8)11)13-10(14)16-2/h5-6H,3-4H2,1-2H3,(H3,11,12,13,14). The number of aromatic nitrogens is 1. The van der Waals surface area contributed by atoms with Crippen molar-refractivity contribution >= 4 is 17.6 Å². The highest BCUT2D eigenvalue weighted by atomic mass is 16.5. The zero-order valence-electron chi connectivity index (χ0n) is 9.73. The summed E-state index contributed by atoms with van der Waals surface area (Å²) in [6, 6.07) is 1.49. The van der Waals surface area contributed by atoms with Crippen molar-refractivity contribution in [2.45, 2.75) is 0 Å². The van der Waals surface area contributed by atoms with Crippen LogP contribution in [0.15, 0.2) is 12.3 Å². The largest absolute Gasteiger partial charge is 0.487 e. The molecule has 7 nitrogen and oxygen atoms in total. The van der Waals surface area contributed by atoms with Crippen LogP contribution in [0.1, 0.15) is 0 Å². The topological polar surface area (TPSA) is 95.7 Å². The number of nitrogens with two attached hydrogens (primary N) is 1. The number of hydrogen-bond donors (Lipinski definition) is 2. The first kappa shape index (κ1) is 13.0. The maximum atomic E-state index is 10.9. The summed E-state index contributed by atoms with van der Waals surface area (Å²) in [5, 5.41) is 2.39. The normalized spacial score (nSPS) is 9.76.